The molecule has 0 fully saturated rings. The molecule has 1 amide bonds. The zero-order valence-corrected chi connectivity index (χ0v) is 15.6. The Balaban J connectivity index is 3.51. The van der Waals surface area contributed by atoms with Gasteiger partial charge in [0.25, 0.3) is 0 Å². The lowest BCUT2D eigenvalue weighted by atomic mass is 10.0. The van der Waals surface area contributed by atoms with Gasteiger partial charge in [0, 0.05) is 0 Å². The first-order valence-corrected chi connectivity index (χ1v) is 10.3. The third-order valence-corrected chi connectivity index (χ3v) is 4.13. The lowest BCUT2D eigenvalue weighted by Crippen LogP contribution is -2.32. The number of unbranched alkanes of at least 4 members (excludes halogenated alkanes) is 11. The van der Waals surface area contributed by atoms with Crippen LogP contribution in [0.3, 0.4) is 0 Å². The monoisotopic (exact) mass is 367 g/mol. The van der Waals surface area contributed by atoms with Gasteiger partial charge in [0.1, 0.15) is 0 Å². The molecule has 0 aliphatic heterocycles. The zero-order valence-electron chi connectivity index (χ0n) is 14.7. The summed E-state index contributed by atoms with van der Waals surface area (Å²) < 4.78 is 32.9. The van der Waals surface area contributed by atoms with Crippen molar-refractivity contribution >= 4 is 16.3 Å². The van der Waals surface area contributed by atoms with Gasteiger partial charge in [0.15, 0.2) is 6.10 Å². The van der Waals surface area contributed by atoms with E-state index in [0.717, 1.165) is 19.3 Å². The van der Waals surface area contributed by atoms with Crippen LogP contribution in [-0.4, -0.2) is 25.0 Å². The van der Waals surface area contributed by atoms with Crippen molar-refractivity contribution in [2.45, 2.75) is 96.5 Å². The van der Waals surface area contributed by atoms with Gasteiger partial charge in [-0.25, -0.2) is 4.89 Å². The Kier molecular flexibility index (Phi) is 14.2. The van der Waals surface area contributed by atoms with Crippen LogP contribution in [0, 0.1) is 0 Å². The summed E-state index contributed by atoms with van der Waals surface area (Å²) in [7, 11) is -4.74. The fourth-order valence-corrected chi connectivity index (χ4v) is 2.70. The van der Waals surface area contributed by atoms with Gasteiger partial charge >= 0.3 is 10.4 Å². The maximum atomic E-state index is 11.1. The molecule has 1 atom stereocenters. The van der Waals surface area contributed by atoms with Crippen LogP contribution in [0.4, 0.5) is 0 Å². The van der Waals surface area contributed by atoms with Crippen LogP contribution in [0.25, 0.3) is 0 Å². The fourth-order valence-electron chi connectivity index (χ4n) is 2.51. The van der Waals surface area contributed by atoms with E-state index in [2.05, 4.69) is 16.1 Å². The highest BCUT2D eigenvalue weighted by Crippen LogP contribution is 2.14. The molecule has 0 aliphatic carbocycles. The smallest absolute Gasteiger partial charge is 0.367 e. The van der Waals surface area contributed by atoms with E-state index in [0.29, 0.717) is 6.42 Å². The Bertz CT molecular complexity index is 413. The largest absolute Gasteiger partial charge is 0.424 e. The average Bonchev–Trinajstić information content (AvgIpc) is 2.49. The molecular weight excluding hydrogens is 334 g/mol. The van der Waals surface area contributed by atoms with E-state index >= 15 is 0 Å². The van der Waals surface area contributed by atoms with Crippen molar-refractivity contribution in [3.63, 3.8) is 0 Å². The van der Waals surface area contributed by atoms with Crippen molar-refractivity contribution < 1.29 is 27.0 Å². The molecule has 0 spiro atoms. The van der Waals surface area contributed by atoms with Crippen molar-refractivity contribution in [2.75, 3.05) is 0 Å². The first-order valence-electron chi connectivity index (χ1n) is 8.98. The quantitative estimate of drug-likeness (QED) is 0.175. The minimum absolute atomic E-state index is 0.266. The Morgan fingerprint density at radius 2 is 1.33 bits per heavy atom. The van der Waals surface area contributed by atoms with Gasteiger partial charge in [-0.05, 0) is 6.42 Å². The molecule has 8 heteroatoms. The van der Waals surface area contributed by atoms with Gasteiger partial charge in [-0.15, -0.1) is 0 Å². The van der Waals surface area contributed by atoms with E-state index in [1.807, 2.05) is 0 Å². The number of hydrogen-bond acceptors (Lipinski definition) is 5. The summed E-state index contributed by atoms with van der Waals surface area (Å²) in [6.45, 7) is 2.22. The van der Waals surface area contributed by atoms with Gasteiger partial charge < -0.3 is 5.73 Å². The molecule has 0 aromatic rings. The molecular formula is C16H33NO6S. The Labute approximate surface area is 146 Å². The summed E-state index contributed by atoms with van der Waals surface area (Å²) in [6, 6.07) is 0. The van der Waals surface area contributed by atoms with Crippen molar-refractivity contribution in [3.8, 4) is 0 Å². The standard InChI is InChI=1S/C16H33NO6S/c1-2-3-4-5-6-7-8-9-10-11-12-13-14-15(16(17)18)22-23-24(19,20)21/h15H,2-14H2,1H3,(H2,17,18)(H,19,20,21). The van der Waals surface area contributed by atoms with E-state index < -0.39 is 22.4 Å². The van der Waals surface area contributed by atoms with Crippen LogP contribution < -0.4 is 5.73 Å². The van der Waals surface area contributed by atoms with Gasteiger partial charge in [0.05, 0.1) is 0 Å². The summed E-state index contributed by atoms with van der Waals surface area (Å²) >= 11 is 0. The lowest BCUT2D eigenvalue weighted by molar-refractivity contribution is -0.241. The number of amides is 1. The van der Waals surface area contributed by atoms with Crippen LogP contribution in [0.2, 0.25) is 0 Å². The number of carbonyl (C=O) groups excluding carboxylic acids is 1. The highest BCUT2D eigenvalue weighted by Gasteiger charge is 2.20. The van der Waals surface area contributed by atoms with E-state index in [-0.39, 0.29) is 6.42 Å². The molecule has 0 heterocycles. The van der Waals surface area contributed by atoms with Gasteiger partial charge in [-0.2, -0.15) is 8.42 Å². The molecule has 0 aromatic heterocycles. The zero-order chi connectivity index (χ0) is 18.3. The van der Waals surface area contributed by atoms with Crippen LogP contribution >= 0.6 is 0 Å². The van der Waals surface area contributed by atoms with Gasteiger partial charge in [0.2, 0.25) is 5.91 Å². The molecule has 0 saturated carbocycles. The Hall–Kier alpha value is -0.700. The molecule has 0 rings (SSSR count). The SMILES string of the molecule is CCCCCCCCCCCCCCC(OOS(=O)(=O)O)C(N)=O. The van der Waals surface area contributed by atoms with E-state index in [9.17, 15) is 13.2 Å². The van der Waals surface area contributed by atoms with Gasteiger partial charge in [-0.3, -0.25) is 9.35 Å². The first-order chi connectivity index (χ1) is 11.4. The van der Waals surface area contributed by atoms with Crippen LogP contribution in [-0.2, 0) is 24.4 Å². The minimum Gasteiger partial charge on any atom is -0.367 e. The summed E-state index contributed by atoms with van der Waals surface area (Å²) in [4.78, 5) is 15.4. The highest BCUT2D eigenvalue weighted by molar-refractivity contribution is 7.80. The summed E-state index contributed by atoms with van der Waals surface area (Å²) in [6.07, 6.45) is 13.3. The van der Waals surface area contributed by atoms with Crippen molar-refractivity contribution in [1.29, 1.82) is 0 Å². The topological polar surface area (TPSA) is 116 Å². The molecule has 1 unspecified atom stereocenters. The third-order valence-electron chi connectivity index (χ3n) is 3.88. The summed E-state index contributed by atoms with van der Waals surface area (Å²) in [5.74, 6) is -0.818. The number of nitrogens with two attached hydrogens (primary N) is 1. The second-order valence-corrected chi connectivity index (χ2v) is 7.15. The summed E-state index contributed by atoms with van der Waals surface area (Å²) in [5, 5.41) is 0. The van der Waals surface area contributed by atoms with Crippen LogP contribution in [0.1, 0.15) is 90.4 Å². The molecule has 3 N–H and O–H groups in total. The number of rotatable bonds is 17. The lowest BCUT2D eigenvalue weighted by Gasteiger charge is -2.11. The molecule has 144 valence electrons. The van der Waals surface area contributed by atoms with Crippen molar-refractivity contribution in [1.82, 2.24) is 0 Å². The average molecular weight is 368 g/mol. The molecule has 0 aliphatic rings. The second-order valence-electron chi connectivity index (χ2n) is 6.16. The van der Waals surface area contributed by atoms with E-state index in [1.165, 1.54) is 51.4 Å². The minimum atomic E-state index is -4.74. The Morgan fingerprint density at radius 1 is 0.917 bits per heavy atom. The normalized spacial score (nSPS) is 13.1. The molecule has 7 nitrogen and oxygen atoms in total. The molecule has 0 radical (unpaired) electrons. The Morgan fingerprint density at radius 3 is 1.71 bits per heavy atom. The maximum absolute atomic E-state index is 11.1. The van der Waals surface area contributed by atoms with Crippen molar-refractivity contribution in [2.24, 2.45) is 5.73 Å². The summed E-state index contributed by atoms with van der Waals surface area (Å²) in [5.41, 5.74) is 5.08. The van der Waals surface area contributed by atoms with Gasteiger partial charge in [-0.1, -0.05) is 88.3 Å². The highest BCUT2D eigenvalue weighted by atomic mass is 32.3. The second kappa shape index (κ2) is 14.6. The maximum Gasteiger partial charge on any atom is 0.424 e. The third kappa shape index (κ3) is 16.2. The van der Waals surface area contributed by atoms with E-state index in [1.54, 1.807) is 0 Å². The van der Waals surface area contributed by atoms with Crippen LogP contribution in [0.5, 0.6) is 0 Å². The molecule has 0 aromatic carbocycles. The number of carbonyl (C=O) groups is 1. The molecule has 0 bridgehead atoms. The van der Waals surface area contributed by atoms with Crippen molar-refractivity contribution in [3.05, 3.63) is 0 Å². The molecule has 0 saturated heterocycles. The number of primary amides is 1. The van der Waals surface area contributed by atoms with Crippen LogP contribution in [0.15, 0.2) is 0 Å². The predicted molar refractivity (Wildman–Crippen MR) is 92.4 cm³/mol. The van der Waals surface area contributed by atoms with E-state index in [4.69, 9.17) is 10.3 Å². The molecule has 24 heavy (non-hydrogen) atoms. The fraction of sp³-hybridized carbons (Fsp3) is 0.938. The predicted octanol–water partition coefficient (Wildman–Crippen LogP) is 3.68. The first kappa shape index (κ1) is 23.3. The number of hydrogen-bond donors (Lipinski definition) is 2.